The van der Waals surface area contributed by atoms with Crippen molar-refractivity contribution in [2.75, 3.05) is 57.8 Å². The molecule has 2 aromatic rings. The van der Waals surface area contributed by atoms with E-state index in [0.29, 0.717) is 18.3 Å². The predicted molar refractivity (Wildman–Crippen MR) is 144 cm³/mol. The van der Waals surface area contributed by atoms with E-state index in [4.69, 9.17) is 5.73 Å². The Bertz CT molecular complexity index is 1170. The second-order valence-electron chi connectivity index (χ2n) is 10.4. The average molecular weight is 531 g/mol. The Labute approximate surface area is 220 Å². The smallest absolute Gasteiger partial charge is 0.328 e. The summed E-state index contributed by atoms with van der Waals surface area (Å²) in [5.41, 5.74) is 8.26. The fraction of sp³-hybridized carbons (Fsp3) is 0.640. The van der Waals surface area contributed by atoms with Gasteiger partial charge in [-0.1, -0.05) is 6.07 Å². The van der Waals surface area contributed by atoms with Crippen LogP contribution in [0.5, 0.6) is 0 Å². The summed E-state index contributed by atoms with van der Waals surface area (Å²) in [6.45, 7) is 5.66. The number of amides is 3. The van der Waals surface area contributed by atoms with Crippen molar-refractivity contribution in [2.24, 2.45) is 12.8 Å². The largest absolute Gasteiger partial charge is 0.329 e. The highest BCUT2D eigenvalue weighted by Gasteiger charge is 2.29. The topological polar surface area (TPSA) is 120 Å². The number of urea groups is 1. The second-order valence-corrected chi connectivity index (χ2v) is 12.0. The first-order chi connectivity index (χ1) is 17.8. The zero-order valence-corrected chi connectivity index (χ0v) is 22.6. The number of fused-ring (bicyclic) bond motifs is 1. The molecule has 5 rings (SSSR count). The normalized spacial score (nSPS) is 22.2. The molecule has 1 atom stereocenters. The minimum absolute atomic E-state index is 0.239. The maximum atomic E-state index is 12.8. The van der Waals surface area contributed by atoms with Gasteiger partial charge in [0.15, 0.2) is 17.0 Å². The van der Waals surface area contributed by atoms with Gasteiger partial charge in [-0.2, -0.15) is 5.10 Å². The minimum atomic E-state index is -1.10. The van der Waals surface area contributed by atoms with Crippen LogP contribution < -0.4 is 16.0 Å². The average Bonchev–Trinajstić information content (AvgIpc) is 3.23. The van der Waals surface area contributed by atoms with Crippen LogP contribution in [0.3, 0.4) is 0 Å². The van der Waals surface area contributed by atoms with Crippen LogP contribution in [0, 0.1) is 0 Å². The Morgan fingerprint density at radius 1 is 1.11 bits per heavy atom. The first kappa shape index (κ1) is 26.2. The summed E-state index contributed by atoms with van der Waals surface area (Å²) in [6, 6.07) is 6.23. The van der Waals surface area contributed by atoms with Gasteiger partial charge in [0, 0.05) is 64.7 Å². The summed E-state index contributed by atoms with van der Waals surface area (Å²) >= 11 is -1.10. The molecule has 0 saturated carbocycles. The van der Waals surface area contributed by atoms with Gasteiger partial charge in [0.25, 0.3) is 0 Å². The molecule has 1 unspecified atom stereocenters. The molecule has 3 aliphatic rings. The highest BCUT2D eigenvalue weighted by atomic mass is 32.2. The summed E-state index contributed by atoms with van der Waals surface area (Å²) in [4.78, 5) is 27.9. The number of imide groups is 1. The van der Waals surface area contributed by atoms with E-state index in [9.17, 15) is 13.8 Å². The van der Waals surface area contributed by atoms with Gasteiger partial charge in [0.1, 0.15) is 0 Å². The fourth-order valence-electron chi connectivity index (χ4n) is 5.55. The Morgan fingerprint density at radius 3 is 2.54 bits per heavy atom. The highest BCUT2D eigenvalue weighted by Crippen LogP contribution is 2.33. The molecule has 3 saturated heterocycles. The van der Waals surface area contributed by atoms with Gasteiger partial charge in [-0.25, -0.2) is 17.6 Å². The van der Waals surface area contributed by atoms with E-state index < -0.39 is 17.2 Å². The Hall–Kier alpha value is -2.38. The van der Waals surface area contributed by atoms with E-state index in [0.717, 1.165) is 75.9 Å². The Morgan fingerprint density at radius 2 is 1.84 bits per heavy atom. The number of anilines is 1. The van der Waals surface area contributed by atoms with E-state index in [1.165, 1.54) is 5.56 Å². The van der Waals surface area contributed by atoms with Crippen molar-refractivity contribution in [2.45, 2.75) is 44.1 Å². The molecule has 3 N–H and O–H groups in total. The van der Waals surface area contributed by atoms with Crippen molar-refractivity contribution in [1.82, 2.24) is 28.6 Å². The zero-order valence-electron chi connectivity index (χ0n) is 21.8. The van der Waals surface area contributed by atoms with Crippen LogP contribution in [0.4, 0.5) is 10.6 Å². The molecule has 0 bridgehead atoms. The maximum absolute atomic E-state index is 12.8. The Balaban J connectivity index is 1.15. The molecular formula is C25H38N8O3S. The van der Waals surface area contributed by atoms with Crippen molar-refractivity contribution < 1.29 is 13.8 Å². The summed E-state index contributed by atoms with van der Waals surface area (Å²) in [6.07, 6.45) is 4.24. The molecule has 3 amide bonds. The molecular weight excluding hydrogens is 492 g/mol. The number of carbonyl (C=O) groups excluding carboxylic acids is 2. The van der Waals surface area contributed by atoms with Crippen LogP contribution in [0.15, 0.2) is 18.2 Å². The molecule has 37 heavy (non-hydrogen) atoms. The number of hydrogen-bond acceptors (Lipinski definition) is 6. The minimum Gasteiger partial charge on any atom is -0.328 e. The van der Waals surface area contributed by atoms with Crippen molar-refractivity contribution >= 4 is 39.8 Å². The molecule has 1 aromatic carbocycles. The van der Waals surface area contributed by atoms with Gasteiger partial charge in [-0.05, 0) is 62.4 Å². The van der Waals surface area contributed by atoms with E-state index in [-0.39, 0.29) is 18.4 Å². The van der Waals surface area contributed by atoms with Crippen molar-refractivity contribution in [3.63, 3.8) is 0 Å². The zero-order chi connectivity index (χ0) is 26.1. The van der Waals surface area contributed by atoms with Gasteiger partial charge in [0.2, 0.25) is 5.91 Å². The number of aryl methyl sites for hydroxylation is 1. The summed E-state index contributed by atoms with van der Waals surface area (Å²) in [5.74, 6) is 0.819. The van der Waals surface area contributed by atoms with Gasteiger partial charge < -0.3 is 10.6 Å². The number of nitrogens with zero attached hydrogens (tertiary/aromatic N) is 6. The number of benzene rings is 1. The number of aromatic nitrogens is 2. The second kappa shape index (κ2) is 11.2. The number of hydrogen-bond donors (Lipinski definition) is 2. The number of nitrogens with two attached hydrogens (primary N) is 1. The van der Waals surface area contributed by atoms with E-state index in [1.54, 1.807) is 4.90 Å². The summed E-state index contributed by atoms with van der Waals surface area (Å²) in [5, 5.41) is 7.90. The van der Waals surface area contributed by atoms with Crippen molar-refractivity contribution in [3.8, 4) is 0 Å². The van der Waals surface area contributed by atoms with Crippen LogP contribution in [0.25, 0.3) is 10.9 Å². The molecule has 11 nitrogen and oxygen atoms in total. The lowest BCUT2D eigenvalue weighted by Crippen LogP contribution is -2.49. The van der Waals surface area contributed by atoms with Crippen LogP contribution in [0.1, 0.15) is 43.6 Å². The molecule has 0 aliphatic carbocycles. The third kappa shape index (κ3) is 5.73. The number of nitrogens with one attached hydrogen (secondary N) is 1. The van der Waals surface area contributed by atoms with Crippen LogP contribution in [-0.2, 0) is 23.0 Å². The van der Waals surface area contributed by atoms with E-state index >= 15 is 0 Å². The molecule has 202 valence electrons. The molecule has 0 radical (unpaired) electrons. The lowest BCUT2D eigenvalue weighted by atomic mass is 9.89. The molecule has 4 heterocycles. The van der Waals surface area contributed by atoms with Gasteiger partial charge >= 0.3 is 6.03 Å². The van der Waals surface area contributed by atoms with Crippen molar-refractivity contribution in [3.05, 3.63) is 23.8 Å². The number of piperidine rings is 2. The summed E-state index contributed by atoms with van der Waals surface area (Å²) < 4.78 is 18.6. The molecule has 1 aromatic heterocycles. The molecule has 0 spiro atoms. The van der Waals surface area contributed by atoms with Crippen LogP contribution >= 0.6 is 0 Å². The standard InChI is InChI=1S/C25H38N8O3S/c1-29(37(36)32-12-7-20(26)8-13-32)15-16-31-10-5-18(6-11-31)19-3-4-21-22(17-19)30(2)28-24(21)33-14-9-23(34)27-25(33)35/h3-4,17-18,20H,5-16,26H2,1-2H3,(H,27,34,35). The number of carbonyl (C=O) groups is 2. The highest BCUT2D eigenvalue weighted by molar-refractivity contribution is 7.80. The quantitative estimate of drug-likeness (QED) is 0.554. The third-order valence-corrected chi connectivity index (χ3v) is 9.46. The lowest BCUT2D eigenvalue weighted by molar-refractivity contribution is -0.120. The fourth-order valence-corrected chi connectivity index (χ4v) is 6.71. The summed E-state index contributed by atoms with van der Waals surface area (Å²) in [7, 11) is 3.84. The number of likely N-dealkylation sites (tertiary alicyclic amines) is 1. The maximum Gasteiger partial charge on any atom is 0.329 e. The number of likely N-dealkylation sites (N-methyl/N-ethyl adjacent to an activating group) is 1. The number of rotatable bonds is 7. The predicted octanol–water partition coefficient (Wildman–Crippen LogP) is 1.13. The van der Waals surface area contributed by atoms with Gasteiger partial charge in [-0.3, -0.25) is 19.7 Å². The van der Waals surface area contributed by atoms with Crippen LogP contribution in [0.2, 0.25) is 0 Å². The van der Waals surface area contributed by atoms with Gasteiger partial charge in [-0.15, -0.1) is 0 Å². The Kier molecular flexibility index (Phi) is 7.91. The molecule has 3 aliphatic heterocycles. The third-order valence-electron chi connectivity index (χ3n) is 7.94. The monoisotopic (exact) mass is 530 g/mol. The lowest BCUT2D eigenvalue weighted by Gasteiger charge is -2.35. The first-order valence-electron chi connectivity index (χ1n) is 13.2. The van der Waals surface area contributed by atoms with Gasteiger partial charge in [0.05, 0.1) is 5.52 Å². The molecule has 12 heteroatoms. The van der Waals surface area contributed by atoms with E-state index in [1.807, 2.05) is 27.4 Å². The van der Waals surface area contributed by atoms with Crippen molar-refractivity contribution in [1.29, 1.82) is 0 Å². The molecule has 3 fully saturated rings. The SMILES string of the molecule is CN(CCN1CCC(c2ccc3c(N4CCC(=O)NC4=O)nn(C)c3c2)CC1)S(=O)N1CCC(N)CC1. The first-order valence-corrected chi connectivity index (χ1v) is 14.3. The van der Waals surface area contributed by atoms with Crippen LogP contribution in [-0.4, -0.2) is 98.3 Å². The van der Waals surface area contributed by atoms with E-state index in [2.05, 4.69) is 33.5 Å².